The highest BCUT2D eigenvalue weighted by Gasteiger charge is 2.12. The quantitative estimate of drug-likeness (QED) is 0.914. The Balaban J connectivity index is 2.21. The molecule has 0 fully saturated rings. The van der Waals surface area contributed by atoms with Crippen LogP contribution >= 0.6 is 0 Å². The van der Waals surface area contributed by atoms with Gasteiger partial charge in [-0.05, 0) is 30.7 Å². The molecule has 1 aromatic carbocycles. The van der Waals surface area contributed by atoms with Crippen molar-refractivity contribution in [2.24, 2.45) is 7.05 Å². The summed E-state index contributed by atoms with van der Waals surface area (Å²) >= 11 is 0. The molecule has 0 radical (unpaired) electrons. The van der Waals surface area contributed by atoms with Crippen LogP contribution in [0, 0.1) is 0 Å². The van der Waals surface area contributed by atoms with E-state index >= 15 is 0 Å². The van der Waals surface area contributed by atoms with E-state index in [2.05, 4.69) is 5.10 Å². The summed E-state index contributed by atoms with van der Waals surface area (Å²) in [6.45, 7) is 2.01. The molecule has 1 aromatic heterocycles. The van der Waals surface area contributed by atoms with Crippen molar-refractivity contribution in [1.29, 1.82) is 0 Å². The van der Waals surface area contributed by atoms with E-state index in [0.29, 0.717) is 10.6 Å². The number of hydrogen-bond acceptors (Lipinski definition) is 3. The van der Waals surface area contributed by atoms with Crippen molar-refractivity contribution in [2.45, 2.75) is 24.0 Å². The zero-order valence-corrected chi connectivity index (χ0v) is 12.2. The third-order valence-electron chi connectivity index (χ3n) is 3.01. The molecule has 1 atom stereocenters. The summed E-state index contributed by atoms with van der Waals surface area (Å²) in [7, 11) is 0.535. The van der Waals surface area contributed by atoms with Gasteiger partial charge in [0.1, 0.15) is 0 Å². The Bertz CT molecular complexity index is 664. The second-order valence-electron chi connectivity index (χ2n) is 4.43. The number of aromatic nitrogens is 2. The van der Waals surface area contributed by atoms with Crippen LogP contribution in [0.5, 0.6) is 0 Å². The number of hydrogen-bond donors (Lipinski definition) is 1. The molecule has 0 saturated heterocycles. The lowest BCUT2D eigenvalue weighted by Gasteiger charge is -2.04. The lowest BCUT2D eigenvalue weighted by molar-refractivity contribution is 0.0696. The van der Waals surface area contributed by atoms with Crippen LogP contribution in [0.1, 0.15) is 28.7 Å². The average Bonchev–Trinajstić information content (AvgIpc) is 2.79. The Hall–Kier alpha value is -1.95. The van der Waals surface area contributed by atoms with Crippen LogP contribution in [-0.4, -0.2) is 25.1 Å². The van der Waals surface area contributed by atoms with Gasteiger partial charge in [0.05, 0.1) is 33.5 Å². The monoisotopic (exact) mass is 292 g/mol. The van der Waals surface area contributed by atoms with Crippen LogP contribution in [0.3, 0.4) is 0 Å². The van der Waals surface area contributed by atoms with Crippen molar-refractivity contribution >= 4 is 16.8 Å². The molecule has 0 bridgehead atoms. The lowest BCUT2D eigenvalue weighted by Crippen LogP contribution is -2.04. The summed E-state index contributed by atoms with van der Waals surface area (Å²) < 4.78 is 14.0. The second kappa shape index (κ2) is 6.00. The van der Waals surface area contributed by atoms with Gasteiger partial charge in [-0.15, -0.1) is 0 Å². The number of carbonyl (C=O) groups is 1. The van der Waals surface area contributed by atoms with E-state index in [9.17, 15) is 9.00 Å². The van der Waals surface area contributed by atoms with E-state index in [1.165, 1.54) is 12.1 Å². The zero-order valence-electron chi connectivity index (χ0n) is 11.4. The molecular weight excluding hydrogens is 276 g/mol. The first-order valence-corrected chi connectivity index (χ1v) is 7.56. The highest BCUT2D eigenvalue weighted by atomic mass is 32.2. The van der Waals surface area contributed by atoms with Gasteiger partial charge < -0.3 is 5.11 Å². The van der Waals surface area contributed by atoms with Gasteiger partial charge in [-0.25, -0.2) is 4.79 Å². The Labute approximate surface area is 119 Å². The van der Waals surface area contributed by atoms with E-state index < -0.39 is 16.8 Å². The normalized spacial score (nSPS) is 12.3. The predicted octanol–water partition coefficient (Wildman–Crippen LogP) is 1.99. The molecule has 106 valence electrons. The molecule has 0 aliphatic heterocycles. The highest BCUT2D eigenvalue weighted by Crippen LogP contribution is 2.15. The standard InChI is InChI=1S/C14H16N2O3S/c1-3-11-8-12(16(2)15-11)9-20(19)13-6-4-5-10(7-13)14(17)18/h4-8H,3,9H2,1-2H3,(H,17,18). The number of aryl methyl sites for hydroxylation is 2. The fraction of sp³-hybridized carbons (Fsp3) is 0.286. The molecule has 2 aromatic rings. The van der Waals surface area contributed by atoms with Gasteiger partial charge in [-0.2, -0.15) is 5.10 Å². The summed E-state index contributed by atoms with van der Waals surface area (Å²) in [6.07, 6.45) is 0.828. The van der Waals surface area contributed by atoms with Crippen molar-refractivity contribution in [1.82, 2.24) is 9.78 Å². The van der Waals surface area contributed by atoms with Gasteiger partial charge in [0.2, 0.25) is 0 Å². The van der Waals surface area contributed by atoms with Gasteiger partial charge in [-0.3, -0.25) is 8.89 Å². The van der Waals surface area contributed by atoms with Crippen molar-refractivity contribution < 1.29 is 14.1 Å². The molecule has 0 amide bonds. The summed E-state index contributed by atoms with van der Waals surface area (Å²) in [5, 5.41) is 13.3. The van der Waals surface area contributed by atoms with Crippen LogP contribution in [0.2, 0.25) is 0 Å². The van der Waals surface area contributed by atoms with Crippen LogP contribution in [0.25, 0.3) is 0 Å². The third-order valence-corrected chi connectivity index (χ3v) is 4.35. The Morgan fingerprint density at radius 2 is 2.15 bits per heavy atom. The van der Waals surface area contributed by atoms with Crippen LogP contribution in [-0.2, 0) is 30.0 Å². The first kappa shape index (κ1) is 14.5. The molecule has 1 unspecified atom stereocenters. The molecular formula is C14H16N2O3S. The van der Waals surface area contributed by atoms with Gasteiger partial charge in [0.25, 0.3) is 0 Å². The molecule has 0 saturated carbocycles. The van der Waals surface area contributed by atoms with Gasteiger partial charge >= 0.3 is 5.97 Å². The van der Waals surface area contributed by atoms with E-state index in [1.54, 1.807) is 16.8 Å². The number of rotatable bonds is 5. The fourth-order valence-electron chi connectivity index (χ4n) is 1.87. The van der Waals surface area contributed by atoms with Crippen molar-refractivity contribution in [3.8, 4) is 0 Å². The highest BCUT2D eigenvalue weighted by molar-refractivity contribution is 7.84. The van der Waals surface area contributed by atoms with Crippen molar-refractivity contribution in [2.75, 3.05) is 0 Å². The van der Waals surface area contributed by atoms with Crippen LogP contribution < -0.4 is 0 Å². The molecule has 2 rings (SSSR count). The number of carboxylic acid groups (broad SMARTS) is 1. The minimum absolute atomic E-state index is 0.148. The van der Waals surface area contributed by atoms with E-state index in [1.807, 2.05) is 20.0 Å². The van der Waals surface area contributed by atoms with Crippen molar-refractivity contribution in [3.63, 3.8) is 0 Å². The Kier molecular flexibility index (Phi) is 4.34. The van der Waals surface area contributed by atoms with Gasteiger partial charge in [0, 0.05) is 11.9 Å². The summed E-state index contributed by atoms with van der Waals surface area (Å²) in [6, 6.07) is 8.16. The van der Waals surface area contributed by atoms with Gasteiger partial charge in [-0.1, -0.05) is 13.0 Å². The van der Waals surface area contributed by atoms with Crippen LogP contribution in [0.15, 0.2) is 35.2 Å². The maximum Gasteiger partial charge on any atom is 0.335 e. The number of nitrogens with zero attached hydrogens (tertiary/aromatic N) is 2. The summed E-state index contributed by atoms with van der Waals surface area (Å²) in [5.74, 6) is -0.690. The van der Waals surface area contributed by atoms with Gasteiger partial charge in [0.15, 0.2) is 0 Å². The first-order valence-electron chi connectivity index (χ1n) is 6.24. The fourth-order valence-corrected chi connectivity index (χ4v) is 3.06. The maximum absolute atomic E-state index is 12.3. The van der Waals surface area contributed by atoms with E-state index in [-0.39, 0.29) is 5.56 Å². The van der Waals surface area contributed by atoms with Crippen LogP contribution in [0.4, 0.5) is 0 Å². The van der Waals surface area contributed by atoms with Crippen molar-refractivity contribution in [3.05, 3.63) is 47.3 Å². The molecule has 0 aliphatic carbocycles. The van der Waals surface area contributed by atoms with E-state index in [4.69, 9.17) is 5.11 Å². The first-order chi connectivity index (χ1) is 9.51. The topological polar surface area (TPSA) is 72.2 Å². The molecule has 1 N–H and O–H groups in total. The Morgan fingerprint density at radius 1 is 1.40 bits per heavy atom. The minimum atomic E-state index is -1.28. The average molecular weight is 292 g/mol. The number of aromatic carboxylic acids is 1. The predicted molar refractivity (Wildman–Crippen MR) is 76.1 cm³/mol. The third kappa shape index (κ3) is 3.14. The molecule has 6 heteroatoms. The largest absolute Gasteiger partial charge is 0.478 e. The smallest absolute Gasteiger partial charge is 0.335 e. The lowest BCUT2D eigenvalue weighted by atomic mass is 10.2. The summed E-state index contributed by atoms with van der Waals surface area (Å²) in [4.78, 5) is 11.4. The second-order valence-corrected chi connectivity index (χ2v) is 5.88. The minimum Gasteiger partial charge on any atom is -0.478 e. The Morgan fingerprint density at radius 3 is 2.75 bits per heavy atom. The summed E-state index contributed by atoms with van der Waals surface area (Å²) in [5.41, 5.74) is 1.98. The molecule has 20 heavy (non-hydrogen) atoms. The molecule has 0 spiro atoms. The SMILES string of the molecule is CCc1cc(CS(=O)c2cccc(C(=O)O)c2)n(C)n1. The zero-order chi connectivity index (χ0) is 14.7. The molecule has 0 aliphatic rings. The maximum atomic E-state index is 12.3. The number of benzene rings is 1. The molecule has 1 heterocycles. The number of carboxylic acids is 1. The van der Waals surface area contributed by atoms with E-state index in [0.717, 1.165) is 17.8 Å². The molecule has 5 nitrogen and oxygen atoms in total.